The molecule has 6 nitrogen and oxygen atoms in total. The van der Waals surface area contributed by atoms with Crippen LogP contribution in [0.3, 0.4) is 0 Å². The minimum Gasteiger partial charge on any atom is -0.444 e. The molecule has 6 heteroatoms. The third-order valence-electron chi connectivity index (χ3n) is 3.03. The van der Waals surface area contributed by atoms with E-state index in [9.17, 15) is 15.0 Å². The molecule has 0 aromatic rings. The first-order valence-corrected chi connectivity index (χ1v) is 7.44. The summed E-state index contributed by atoms with van der Waals surface area (Å²) < 4.78 is 5.32. The number of nitrogens with one attached hydrogen (secondary N) is 1. The highest BCUT2D eigenvalue weighted by Gasteiger charge is 2.24. The number of hydrogen-bond donors (Lipinski definition) is 3. The standard InChI is InChI=1S/C15H32N2O4/c1-11(18)10-17(13(19)21-14(3,4)5)9-8-16-12(2)15(6,7)20/h11-12,16,18,20H,8-10H2,1-7H3. The Hall–Kier alpha value is -0.850. The van der Waals surface area contributed by atoms with E-state index in [4.69, 9.17) is 4.74 Å². The zero-order valence-electron chi connectivity index (χ0n) is 14.4. The van der Waals surface area contributed by atoms with Crippen molar-refractivity contribution in [3.63, 3.8) is 0 Å². The molecule has 2 atom stereocenters. The third-order valence-corrected chi connectivity index (χ3v) is 3.03. The molecule has 0 aromatic carbocycles. The van der Waals surface area contributed by atoms with Crippen LogP contribution < -0.4 is 5.32 Å². The fourth-order valence-electron chi connectivity index (χ4n) is 1.57. The average molecular weight is 304 g/mol. The average Bonchev–Trinajstić information content (AvgIpc) is 2.23. The highest BCUT2D eigenvalue weighted by molar-refractivity contribution is 5.68. The van der Waals surface area contributed by atoms with Gasteiger partial charge in [0.1, 0.15) is 5.60 Å². The van der Waals surface area contributed by atoms with Crippen LogP contribution in [-0.4, -0.2) is 64.2 Å². The Morgan fingerprint density at radius 1 is 1.24 bits per heavy atom. The van der Waals surface area contributed by atoms with Crippen LogP contribution in [0.5, 0.6) is 0 Å². The largest absolute Gasteiger partial charge is 0.444 e. The molecule has 0 aromatic heterocycles. The molecule has 0 heterocycles. The first-order valence-electron chi connectivity index (χ1n) is 7.44. The number of carbonyl (C=O) groups is 1. The van der Waals surface area contributed by atoms with E-state index in [-0.39, 0.29) is 12.6 Å². The van der Waals surface area contributed by atoms with Gasteiger partial charge in [-0.2, -0.15) is 0 Å². The number of carbonyl (C=O) groups excluding carboxylic acids is 1. The van der Waals surface area contributed by atoms with Gasteiger partial charge in [-0.15, -0.1) is 0 Å². The van der Waals surface area contributed by atoms with Crippen LogP contribution in [-0.2, 0) is 4.74 Å². The van der Waals surface area contributed by atoms with Gasteiger partial charge >= 0.3 is 6.09 Å². The number of rotatable bonds is 7. The molecule has 0 aliphatic rings. The quantitative estimate of drug-likeness (QED) is 0.661. The number of hydrogen-bond acceptors (Lipinski definition) is 5. The van der Waals surface area contributed by atoms with Crippen LogP contribution in [0.4, 0.5) is 4.79 Å². The molecule has 0 aliphatic heterocycles. The normalized spacial score (nSPS) is 15.5. The van der Waals surface area contributed by atoms with Crippen molar-refractivity contribution >= 4 is 6.09 Å². The summed E-state index contributed by atoms with van der Waals surface area (Å²) in [5.41, 5.74) is -1.40. The zero-order valence-corrected chi connectivity index (χ0v) is 14.4. The Kier molecular flexibility index (Phi) is 7.64. The van der Waals surface area contributed by atoms with E-state index in [0.717, 1.165) is 0 Å². The molecular formula is C15H32N2O4. The Balaban J connectivity index is 4.47. The summed E-state index contributed by atoms with van der Waals surface area (Å²) >= 11 is 0. The van der Waals surface area contributed by atoms with Gasteiger partial charge in [-0.3, -0.25) is 0 Å². The monoisotopic (exact) mass is 304 g/mol. The number of aliphatic hydroxyl groups is 2. The molecular weight excluding hydrogens is 272 g/mol. The van der Waals surface area contributed by atoms with Gasteiger partial charge in [0.05, 0.1) is 11.7 Å². The van der Waals surface area contributed by atoms with Crippen molar-refractivity contribution in [1.29, 1.82) is 0 Å². The first kappa shape index (κ1) is 20.1. The van der Waals surface area contributed by atoms with Crippen molar-refractivity contribution < 1.29 is 19.7 Å². The van der Waals surface area contributed by atoms with Gasteiger partial charge in [-0.05, 0) is 48.5 Å². The summed E-state index contributed by atoms with van der Waals surface area (Å²) in [7, 11) is 0. The Morgan fingerprint density at radius 3 is 2.14 bits per heavy atom. The predicted octanol–water partition coefficient (Wildman–Crippen LogP) is 1.35. The molecule has 126 valence electrons. The highest BCUT2D eigenvalue weighted by atomic mass is 16.6. The second-order valence-electron chi connectivity index (χ2n) is 7.10. The maximum absolute atomic E-state index is 12.1. The number of nitrogens with zero attached hydrogens (tertiary/aromatic N) is 1. The molecule has 0 bridgehead atoms. The van der Waals surface area contributed by atoms with Crippen molar-refractivity contribution in [3.8, 4) is 0 Å². The SMILES string of the molecule is CC(O)CN(CCNC(C)C(C)(C)O)C(=O)OC(C)(C)C. The second-order valence-corrected chi connectivity index (χ2v) is 7.10. The summed E-state index contributed by atoms with van der Waals surface area (Å²) in [6.45, 7) is 13.5. The molecule has 0 spiro atoms. The molecule has 2 unspecified atom stereocenters. The predicted molar refractivity (Wildman–Crippen MR) is 83.3 cm³/mol. The summed E-state index contributed by atoms with van der Waals surface area (Å²) in [6, 6.07) is -0.107. The van der Waals surface area contributed by atoms with Crippen LogP contribution in [0.15, 0.2) is 0 Å². The van der Waals surface area contributed by atoms with E-state index < -0.39 is 23.4 Å². The molecule has 0 rings (SSSR count). The van der Waals surface area contributed by atoms with Crippen molar-refractivity contribution in [2.45, 2.75) is 71.8 Å². The molecule has 0 saturated carbocycles. The Morgan fingerprint density at radius 2 is 1.76 bits per heavy atom. The van der Waals surface area contributed by atoms with Gasteiger partial charge in [0, 0.05) is 25.7 Å². The summed E-state index contributed by atoms with van der Waals surface area (Å²) in [4.78, 5) is 13.6. The van der Waals surface area contributed by atoms with E-state index in [1.807, 2.05) is 6.92 Å². The van der Waals surface area contributed by atoms with Crippen LogP contribution in [0.1, 0.15) is 48.5 Å². The Bertz CT molecular complexity index is 319. The van der Waals surface area contributed by atoms with Crippen LogP contribution in [0.25, 0.3) is 0 Å². The zero-order chi connectivity index (χ0) is 16.8. The topological polar surface area (TPSA) is 82.0 Å². The van der Waals surface area contributed by atoms with Crippen molar-refractivity contribution in [3.05, 3.63) is 0 Å². The lowest BCUT2D eigenvalue weighted by atomic mass is 10.0. The van der Waals surface area contributed by atoms with E-state index >= 15 is 0 Å². The van der Waals surface area contributed by atoms with E-state index in [2.05, 4.69) is 5.32 Å². The third kappa shape index (κ3) is 9.66. The lowest BCUT2D eigenvalue weighted by Crippen LogP contribution is -2.49. The minimum absolute atomic E-state index is 0.107. The number of aliphatic hydroxyl groups excluding tert-OH is 1. The molecule has 0 radical (unpaired) electrons. The summed E-state index contributed by atoms with van der Waals surface area (Å²) in [6.07, 6.45) is -1.06. The van der Waals surface area contributed by atoms with Gasteiger partial charge in [0.25, 0.3) is 0 Å². The summed E-state index contributed by atoms with van der Waals surface area (Å²) in [5, 5.41) is 22.5. The van der Waals surface area contributed by atoms with E-state index in [1.54, 1.807) is 41.5 Å². The lowest BCUT2D eigenvalue weighted by molar-refractivity contribution is 0.0147. The smallest absolute Gasteiger partial charge is 0.410 e. The van der Waals surface area contributed by atoms with Crippen LogP contribution in [0.2, 0.25) is 0 Å². The van der Waals surface area contributed by atoms with E-state index in [0.29, 0.717) is 13.1 Å². The first-order chi connectivity index (χ1) is 9.33. The molecule has 3 N–H and O–H groups in total. The lowest BCUT2D eigenvalue weighted by Gasteiger charge is -2.30. The maximum Gasteiger partial charge on any atom is 0.410 e. The van der Waals surface area contributed by atoms with Crippen molar-refractivity contribution in [2.24, 2.45) is 0 Å². The second kappa shape index (κ2) is 7.96. The van der Waals surface area contributed by atoms with E-state index in [1.165, 1.54) is 4.90 Å². The van der Waals surface area contributed by atoms with Gasteiger partial charge in [0.2, 0.25) is 0 Å². The van der Waals surface area contributed by atoms with Gasteiger partial charge in [-0.25, -0.2) is 4.79 Å². The fraction of sp³-hybridized carbons (Fsp3) is 0.933. The van der Waals surface area contributed by atoms with Gasteiger partial charge in [0.15, 0.2) is 0 Å². The van der Waals surface area contributed by atoms with Gasteiger partial charge < -0.3 is 25.2 Å². The molecule has 0 aliphatic carbocycles. The van der Waals surface area contributed by atoms with Crippen LogP contribution in [0, 0.1) is 0 Å². The van der Waals surface area contributed by atoms with Gasteiger partial charge in [-0.1, -0.05) is 0 Å². The van der Waals surface area contributed by atoms with Crippen LogP contribution >= 0.6 is 0 Å². The molecule has 1 amide bonds. The minimum atomic E-state index is -0.832. The number of ether oxygens (including phenoxy) is 1. The Labute approximate surface area is 128 Å². The highest BCUT2D eigenvalue weighted by Crippen LogP contribution is 2.11. The molecule has 21 heavy (non-hydrogen) atoms. The van der Waals surface area contributed by atoms with Crippen molar-refractivity contribution in [1.82, 2.24) is 10.2 Å². The van der Waals surface area contributed by atoms with Crippen molar-refractivity contribution in [2.75, 3.05) is 19.6 Å². The maximum atomic E-state index is 12.1. The summed E-state index contributed by atoms with van der Waals surface area (Å²) in [5.74, 6) is 0. The fourth-order valence-corrected chi connectivity index (χ4v) is 1.57. The molecule has 0 saturated heterocycles. The molecule has 0 fully saturated rings. The number of amides is 1.